The second kappa shape index (κ2) is 7.67. The van der Waals surface area contributed by atoms with Crippen LogP contribution in [0.1, 0.15) is 50.4 Å². The Morgan fingerprint density at radius 2 is 2.05 bits per heavy atom. The smallest absolute Gasteiger partial charge is 0.253 e. The van der Waals surface area contributed by atoms with Crippen LogP contribution in [0.25, 0.3) is 0 Å². The highest BCUT2D eigenvalue weighted by Gasteiger charge is 2.12. The lowest BCUT2D eigenvalue weighted by Crippen LogP contribution is -2.26. The minimum Gasteiger partial charge on any atom is -0.399 e. The maximum Gasteiger partial charge on any atom is 0.253 e. The second-order valence-corrected chi connectivity index (χ2v) is 4.89. The van der Waals surface area contributed by atoms with Gasteiger partial charge in [0.15, 0.2) is 0 Å². The van der Waals surface area contributed by atoms with Crippen LogP contribution in [0.15, 0.2) is 18.2 Å². The molecule has 1 aromatic carbocycles. The maximum atomic E-state index is 12.1. The standard InChI is InChI=1S/C15H25N3O/c1-4-6-11(3)18-14-8-7-12(16)10-13(14)15(19)17-9-5-2/h7-8,10-11,18H,4-6,9,16H2,1-3H3,(H,17,19)/t11-/m1/s1. The summed E-state index contributed by atoms with van der Waals surface area (Å²) in [7, 11) is 0. The van der Waals surface area contributed by atoms with Gasteiger partial charge in [0.25, 0.3) is 5.91 Å². The fourth-order valence-corrected chi connectivity index (χ4v) is 1.98. The molecule has 0 fully saturated rings. The van der Waals surface area contributed by atoms with Gasteiger partial charge < -0.3 is 16.4 Å². The van der Waals surface area contributed by atoms with Crippen molar-refractivity contribution in [3.63, 3.8) is 0 Å². The van der Waals surface area contributed by atoms with Crippen LogP contribution in [0, 0.1) is 0 Å². The minimum atomic E-state index is -0.0691. The van der Waals surface area contributed by atoms with Crippen molar-refractivity contribution in [3.05, 3.63) is 23.8 Å². The van der Waals surface area contributed by atoms with Crippen LogP contribution < -0.4 is 16.4 Å². The summed E-state index contributed by atoms with van der Waals surface area (Å²) in [5.74, 6) is -0.0691. The van der Waals surface area contributed by atoms with Crippen molar-refractivity contribution in [2.24, 2.45) is 0 Å². The van der Waals surface area contributed by atoms with Crippen LogP contribution in [0.3, 0.4) is 0 Å². The molecule has 1 rings (SSSR count). The lowest BCUT2D eigenvalue weighted by atomic mass is 10.1. The Hall–Kier alpha value is -1.71. The number of hydrogen-bond donors (Lipinski definition) is 3. The Morgan fingerprint density at radius 3 is 2.68 bits per heavy atom. The summed E-state index contributed by atoms with van der Waals surface area (Å²) in [6.07, 6.45) is 3.10. The third kappa shape index (κ3) is 4.81. The molecule has 19 heavy (non-hydrogen) atoms. The molecule has 0 aromatic heterocycles. The fourth-order valence-electron chi connectivity index (χ4n) is 1.98. The first-order valence-electron chi connectivity index (χ1n) is 7.02. The first kappa shape index (κ1) is 15.3. The number of amides is 1. The second-order valence-electron chi connectivity index (χ2n) is 4.89. The summed E-state index contributed by atoms with van der Waals surface area (Å²) >= 11 is 0. The molecular formula is C15H25N3O. The van der Waals surface area contributed by atoms with Crippen molar-refractivity contribution >= 4 is 17.3 Å². The number of nitrogen functional groups attached to an aromatic ring is 1. The highest BCUT2D eigenvalue weighted by molar-refractivity contribution is 6.00. The van der Waals surface area contributed by atoms with E-state index in [0.717, 1.165) is 24.9 Å². The van der Waals surface area contributed by atoms with E-state index in [-0.39, 0.29) is 5.91 Å². The van der Waals surface area contributed by atoms with Crippen LogP contribution in [0.2, 0.25) is 0 Å². The highest BCUT2D eigenvalue weighted by atomic mass is 16.1. The number of nitrogens with two attached hydrogens (primary N) is 1. The van der Waals surface area contributed by atoms with Crippen LogP contribution in [-0.4, -0.2) is 18.5 Å². The van der Waals surface area contributed by atoms with E-state index >= 15 is 0 Å². The van der Waals surface area contributed by atoms with E-state index in [2.05, 4.69) is 24.5 Å². The van der Waals surface area contributed by atoms with Gasteiger partial charge in [-0.1, -0.05) is 20.3 Å². The van der Waals surface area contributed by atoms with Crippen molar-refractivity contribution in [2.75, 3.05) is 17.6 Å². The van der Waals surface area contributed by atoms with Gasteiger partial charge in [0, 0.05) is 24.0 Å². The molecule has 0 bridgehead atoms. The van der Waals surface area contributed by atoms with Crippen molar-refractivity contribution in [1.82, 2.24) is 5.32 Å². The van der Waals surface area contributed by atoms with E-state index in [9.17, 15) is 4.79 Å². The van der Waals surface area contributed by atoms with Gasteiger partial charge >= 0.3 is 0 Å². The summed E-state index contributed by atoms with van der Waals surface area (Å²) < 4.78 is 0. The predicted molar refractivity (Wildman–Crippen MR) is 81.5 cm³/mol. The van der Waals surface area contributed by atoms with E-state index < -0.39 is 0 Å². The average Bonchev–Trinajstić information content (AvgIpc) is 2.38. The molecule has 0 aliphatic rings. The van der Waals surface area contributed by atoms with Gasteiger partial charge in [-0.2, -0.15) is 0 Å². The molecule has 1 atom stereocenters. The molecule has 4 nitrogen and oxygen atoms in total. The Balaban J connectivity index is 2.87. The summed E-state index contributed by atoms with van der Waals surface area (Å²) in [5.41, 5.74) is 7.85. The monoisotopic (exact) mass is 263 g/mol. The van der Waals surface area contributed by atoms with Gasteiger partial charge in [-0.05, 0) is 38.0 Å². The van der Waals surface area contributed by atoms with Gasteiger partial charge in [-0.3, -0.25) is 4.79 Å². The fraction of sp³-hybridized carbons (Fsp3) is 0.533. The van der Waals surface area contributed by atoms with E-state index in [1.807, 2.05) is 19.1 Å². The van der Waals surface area contributed by atoms with Crippen LogP contribution in [-0.2, 0) is 0 Å². The number of rotatable bonds is 7. The summed E-state index contributed by atoms with van der Waals surface area (Å²) in [6, 6.07) is 5.76. The largest absolute Gasteiger partial charge is 0.399 e. The molecule has 0 heterocycles. The molecule has 106 valence electrons. The zero-order valence-corrected chi connectivity index (χ0v) is 12.1. The zero-order chi connectivity index (χ0) is 14.3. The molecule has 0 saturated heterocycles. The number of anilines is 2. The van der Waals surface area contributed by atoms with Gasteiger partial charge in [0.2, 0.25) is 0 Å². The first-order chi connectivity index (χ1) is 9.08. The van der Waals surface area contributed by atoms with Crippen molar-refractivity contribution in [2.45, 2.75) is 46.1 Å². The summed E-state index contributed by atoms with van der Waals surface area (Å²) in [4.78, 5) is 12.1. The number of nitrogens with one attached hydrogen (secondary N) is 2. The van der Waals surface area contributed by atoms with Gasteiger partial charge in [0.1, 0.15) is 0 Å². The molecule has 0 spiro atoms. The van der Waals surface area contributed by atoms with Gasteiger partial charge in [0.05, 0.1) is 5.56 Å². The molecule has 4 heteroatoms. The molecule has 1 amide bonds. The highest BCUT2D eigenvalue weighted by Crippen LogP contribution is 2.20. The van der Waals surface area contributed by atoms with E-state index in [1.54, 1.807) is 6.07 Å². The number of carbonyl (C=O) groups is 1. The van der Waals surface area contributed by atoms with Crippen LogP contribution in [0.4, 0.5) is 11.4 Å². The Kier molecular flexibility index (Phi) is 6.19. The number of hydrogen-bond acceptors (Lipinski definition) is 3. The first-order valence-corrected chi connectivity index (χ1v) is 7.02. The molecular weight excluding hydrogens is 238 g/mol. The minimum absolute atomic E-state index is 0.0691. The van der Waals surface area contributed by atoms with Gasteiger partial charge in [-0.25, -0.2) is 0 Å². The lowest BCUT2D eigenvalue weighted by molar-refractivity contribution is 0.0954. The molecule has 0 radical (unpaired) electrons. The lowest BCUT2D eigenvalue weighted by Gasteiger charge is -2.17. The normalized spacial score (nSPS) is 11.9. The Morgan fingerprint density at radius 1 is 1.32 bits per heavy atom. The quantitative estimate of drug-likeness (QED) is 0.662. The number of benzene rings is 1. The van der Waals surface area contributed by atoms with E-state index in [4.69, 9.17) is 5.73 Å². The number of carbonyl (C=O) groups excluding carboxylic acids is 1. The molecule has 0 aliphatic heterocycles. The van der Waals surface area contributed by atoms with Crippen molar-refractivity contribution < 1.29 is 4.79 Å². The van der Waals surface area contributed by atoms with Crippen molar-refractivity contribution in [3.8, 4) is 0 Å². The summed E-state index contributed by atoms with van der Waals surface area (Å²) in [6.45, 7) is 6.98. The van der Waals surface area contributed by atoms with Crippen LogP contribution in [0.5, 0.6) is 0 Å². The average molecular weight is 263 g/mol. The summed E-state index contributed by atoms with van der Waals surface area (Å²) in [5, 5.41) is 6.27. The molecule has 0 saturated carbocycles. The SMILES string of the molecule is CCCNC(=O)c1cc(N)ccc1N[C@H](C)CCC. The van der Waals surface area contributed by atoms with Gasteiger partial charge in [-0.15, -0.1) is 0 Å². The topological polar surface area (TPSA) is 67.2 Å². The van der Waals surface area contributed by atoms with Crippen molar-refractivity contribution in [1.29, 1.82) is 0 Å². The third-order valence-corrected chi connectivity index (χ3v) is 2.95. The Labute approximate surface area is 115 Å². The maximum absolute atomic E-state index is 12.1. The van der Waals surface area contributed by atoms with Crippen LogP contribution >= 0.6 is 0 Å². The third-order valence-electron chi connectivity index (χ3n) is 2.95. The zero-order valence-electron chi connectivity index (χ0n) is 12.1. The van der Waals surface area contributed by atoms with E-state index in [1.165, 1.54) is 0 Å². The predicted octanol–water partition coefficient (Wildman–Crippen LogP) is 3.01. The molecule has 0 unspecified atom stereocenters. The molecule has 1 aromatic rings. The Bertz CT molecular complexity index is 418. The molecule has 4 N–H and O–H groups in total. The molecule has 0 aliphatic carbocycles. The van der Waals surface area contributed by atoms with E-state index in [0.29, 0.717) is 23.8 Å².